The maximum absolute atomic E-state index is 12.2. The van der Waals surface area contributed by atoms with Gasteiger partial charge < -0.3 is 15.4 Å². The van der Waals surface area contributed by atoms with Gasteiger partial charge in [-0.3, -0.25) is 4.79 Å². The van der Waals surface area contributed by atoms with Crippen molar-refractivity contribution in [3.05, 3.63) is 76.9 Å². The van der Waals surface area contributed by atoms with Gasteiger partial charge in [0.1, 0.15) is 11.6 Å². The fourth-order valence-electron chi connectivity index (χ4n) is 2.25. The van der Waals surface area contributed by atoms with Crippen molar-refractivity contribution in [2.75, 3.05) is 17.7 Å². The lowest BCUT2D eigenvalue weighted by Crippen LogP contribution is -2.14. The number of aromatic nitrogens is 2. The largest absolute Gasteiger partial charge is 0.497 e. The number of nitrogens with zero attached hydrogens (tertiary/aromatic N) is 2. The number of benzene rings is 2. The van der Waals surface area contributed by atoms with E-state index in [9.17, 15) is 4.79 Å². The van der Waals surface area contributed by atoms with Crippen LogP contribution in [0.25, 0.3) is 0 Å². The molecule has 0 radical (unpaired) electrons. The highest BCUT2D eigenvalue weighted by Crippen LogP contribution is 2.16. The first-order valence-corrected chi connectivity index (χ1v) is 8.29. The van der Waals surface area contributed by atoms with E-state index in [-0.39, 0.29) is 11.6 Å². The van der Waals surface area contributed by atoms with Crippen LogP contribution in [0.2, 0.25) is 5.02 Å². The van der Waals surface area contributed by atoms with Crippen molar-refractivity contribution in [1.29, 1.82) is 0 Å². The highest BCUT2D eigenvalue weighted by molar-refractivity contribution is 6.30. The van der Waals surface area contributed by atoms with Gasteiger partial charge in [-0.1, -0.05) is 29.8 Å². The minimum atomic E-state index is -0.346. The van der Waals surface area contributed by atoms with Crippen LogP contribution in [0.15, 0.2) is 60.7 Å². The van der Waals surface area contributed by atoms with Crippen molar-refractivity contribution >= 4 is 29.0 Å². The smallest absolute Gasteiger partial charge is 0.276 e. The summed E-state index contributed by atoms with van der Waals surface area (Å²) in [5.74, 6) is 1.05. The topological polar surface area (TPSA) is 76.1 Å². The molecule has 2 N–H and O–H groups in total. The Morgan fingerprint density at radius 2 is 1.88 bits per heavy atom. The van der Waals surface area contributed by atoms with Gasteiger partial charge in [0, 0.05) is 17.3 Å². The molecule has 1 aromatic heterocycles. The Balaban J connectivity index is 1.57. The Kier molecular flexibility index (Phi) is 5.66. The van der Waals surface area contributed by atoms with E-state index in [4.69, 9.17) is 16.3 Å². The zero-order valence-corrected chi connectivity index (χ0v) is 14.8. The molecule has 0 atom stereocenters. The van der Waals surface area contributed by atoms with E-state index in [1.54, 1.807) is 43.5 Å². The van der Waals surface area contributed by atoms with Crippen LogP contribution in [0.1, 0.15) is 16.1 Å². The Bertz CT molecular complexity index is 883. The first kappa shape index (κ1) is 17.7. The number of rotatable bonds is 6. The van der Waals surface area contributed by atoms with E-state index in [1.807, 2.05) is 24.3 Å². The highest BCUT2D eigenvalue weighted by atomic mass is 35.5. The summed E-state index contributed by atoms with van der Waals surface area (Å²) in [5.41, 5.74) is 1.90. The molecule has 0 unspecified atom stereocenters. The summed E-state index contributed by atoms with van der Waals surface area (Å²) in [6.07, 6.45) is 0. The zero-order valence-electron chi connectivity index (χ0n) is 14.1. The van der Waals surface area contributed by atoms with E-state index in [0.29, 0.717) is 23.1 Å². The second-order valence-electron chi connectivity index (χ2n) is 5.47. The molecular weight excluding hydrogens is 352 g/mol. The van der Waals surface area contributed by atoms with Gasteiger partial charge >= 0.3 is 0 Å². The SMILES string of the molecule is COc1ccc(CNc2ccc(C(=O)Nc3cccc(Cl)c3)nn2)cc1. The Morgan fingerprint density at radius 1 is 1.08 bits per heavy atom. The summed E-state index contributed by atoms with van der Waals surface area (Å²) in [5, 5.41) is 14.4. The molecule has 3 rings (SSSR count). The average molecular weight is 369 g/mol. The molecule has 0 bridgehead atoms. The van der Waals surface area contributed by atoms with Crippen molar-refractivity contribution in [1.82, 2.24) is 10.2 Å². The summed E-state index contributed by atoms with van der Waals surface area (Å²) in [6, 6.07) is 18.0. The standard InChI is InChI=1S/C19H17ClN4O2/c1-26-16-7-5-13(6-8-16)12-21-18-10-9-17(23-24-18)19(25)22-15-4-2-3-14(20)11-15/h2-11H,12H2,1H3,(H,21,24)(H,22,25). The number of hydrogen-bond donors (Lipinski definition) is 2. The van der Waals surface area contributed by atoms with Crippen LogP contribution in [-0.2, 0) is 6.54 Å². The number of nitrogens with one attached hydrogen (secondary N) is 2. The molecule has 26 heavy (non-hydrogen) atoms. The molecule has 3 aromatic rings. The van der Waals surface area contributed by atoms with Crippen LogP contribution < -0.4 is 15.4 Å². The van der Waals surface area contributed by atoms with Gasteiger partial charge in [0.2, 0.25) is 0 Å². The lowest BCUT2D eigenvalue weighted by atomic mass is 10.2. The van der Waals surface area contributed by atoms with Gasteiger partial charge in [-0.2, -0.15) is 0 Å². The van der Waals surface area contributed by atoms with Crippen molar-refractivity contribution in [2.24, 2.45) is 0 Å². The number of carbonyl (C=O) groups excluding carboxylic acids is 1. The minimum Gasteiger partial charge on any atom is -0.497 e. The third kappa shape index (κ3) is 4.70. The van der Waals surface area contributed by atoms with E-state index in [0.717, 1.165) is 11.3 Å². The maximum atomic E-state index is 12.2. The second-order valence-corrected chi connectivity index (χ2v) is 5.91. The normalized spacial score (nSPS) is 10.2. The van der Waals surface area contributed by atoms with Gasteiger partial charge in [-0.15, -0.1) is 10.2 Å². The zero-order chi connectivity index (χ0) is 18.4. The number of ether oxygens (including phenoxy) is 1. The molecule has 0 aliphatic rings. The fourth-order valence-corrected chi connectivity index (χ4v) is 2.44. The number of methoxy groups -OCH3 is 1. The third-order valence-electron chi connectivity index (χ3n) is 3.61. The summed E-state index contributed by atoms with van der Waals surface area (Å²) in [7, 11) is 1.63. The molecule has 132 valence electrons. The van der Waals surface area contributed by atoms with Gasteiger partial charge in [0.25, 0.3) is 5.91 Å². The van der Waals surface area contributed by atoms with Crippen LogP contribution >= 0.6 is 11.6 Å². The minimum absolute atomic E-state index is 0.222. The first-order valence-electron chi connectivity index (χ1n) is 7.91. The number of halogens is 1. The van der Waals surface area contributed by atoms with Crippen molar-refractivity contribution in [2.45, 2.75) is 6.54 Å². The molecule has 7 heteroatoms. The summed E-state index contributed by atoms with van der Waals surface area (Å²) in [6.45, 7) is 0.590. The van der Waals surface area contributed by atoms with Crippen LogP contribution in [0.3, 0.4) is 0 Å². The van der Waals surface area contributed by atoms with E-state index >= 15 is 0 Å². The van der Waals surface area contributed by atoms with Gasteiger partial charge in [-0.25, -0.2) is 0 Å². The predicted octanol–water partition coefficient (Wildman–Crippen LogP) is 4.00. The quantitative estimate of drug-likeness (QED) is 0.687. The van der Waals surface area contributed by atoms with Gasteiger partial charge in [-0.05, 0) is 48.0 Å². The maximum Gasteiger partial charge on any atom is 0.276 e. The Hall–Kier alpha value is -3.12. The number of hydrogen-bond acceptors (Lipinski definition) is 5. The van der Waals surface area contributed by atoms with Crippen molar-refractivity contribution in [3.8, 4) is 5.75 Å². The molecular formula is C19H17ClN4O2. The Morgan fingerprint density at radius 3 is 2.54 bits per heavy atom. The van der Waals surface area contributed by atoms with Crippen LogP contribution in [0.4, 0.5) is 11.5 Å². The van der Waals surface area contributed by atoms with Crippen LogP contribution in [0, 0.1) is 0 Å². The summed E-state index contributed by atoms with van der Waals surface area (Å²) >= 11 is 5.90. The summed E-state index contributed by atoms with van der Waals surface area (Å²) in [4.78, 5) is 12.2. The molecule has 0 aliphatic carbocycles. The molecule has 0 saturated heterocycles. The van der Waals surface area contributed by atoms with Gasteiger partial charge in [0.15, 0.2) is 5.69 Å². The van der Waals surface area contributed by atoms with Crippen LogP contribution in [-0.4, -0.2) is 23.2 Å². The lowest BCUT2D eigenvalue weighted by Gasteiger charge is -2.07. The average Bonchev–Trinajstić information content (AvgIpc) is 2.67. The highest BCUT2D eigenvalue weighted by Gasteiger charge is 2.09. The molecule has 0 spiro atoms. The second kappa shape index (κ2) is 8.31. The third-order valence-corrected chi connectivity index (χ3v) is 3.85. The Labute approximate surface area is 156 Å². The molecule has 0 saturated carbocycles. The molecule has 0 aliphatic heterocycles. The van der Waals surface area contributed by atoms with E-state index in [2.05, 4.69) is 20.8 Å². The fraction of sp³-hybridized carbons (Fsp3) is 0.105. The van der Waals surface area contributed by atoms with Gasteiger partial charge in [0.05, 0.1) is 7.11 Å². The predicted molar refractivity (Wildman–Crippen MR) is 102 cm³/mol. The molecule has 1 heterocycles. The first-order chi connectivity index (χ1) is 12.6. The van der Waals surface area contributed by atoms with Crippen LogP contribution in [0.5, 0.6) is 5.75 Å². The number of carbonyl (C=O) groups is 1. The molecule has 2 aromatic carbocycles. The van der Waals surface area contributed by atoms with E-state index < -0.39 is 0 Å². The summed E-state index contributed by atoms with van der Waals surface area (Å²) < 4.78 is 5.13. The number of amides is 1. The molecule has 0 fully saturated rings. The van der Waals surface area contributed by atoms with Crippen molar-refractivity contribution in [3.63, 3.8) is 0 Å². The monoisotopic (exact) mass is 368 g/mol. The molecule has 6 nitrogen and oxygen atoms in total. The van der Waals surface area contributed by atoms with E-state index in [1.165, 1.54) is 0 Å². The lowest BCUT2D eigenvalue weighted by molar-refractivity contribution is 0.102. The molecule has 1 amide bonds. The number of anilines is 2. The van der Waals surface area contributed by atoms with Crippen molar-refractivity contribution < 1.29 is 9.53 Å².